The van der Waals surface area contributed by atoms with Gasteiger partial charge in [-0.15, -0.1) is 0 Å². The van der Waals surface area contributed by atoms with Gasteiger partial charge in [-0.05, 0) is 30.7 Å². The van der Waals surface area contributed by atoms with Gasteiger partial charge in [0, 0.05) is 5.56 Å². The molecule has 0 saturated carbocycles. The Morgan fingerprint density at radius 2 is 1.95 bits per heavy atom. The van der Waals surface area contributed by atoms with Crippen LogP contribution in [-0.2, 0) is 13.2 Å². The second-order valence-corrected chi connectivity index (χ2v) is 4.70. The minimum atomic E-state index is -0.0618. The Morgan fingerprint density at radius 3 is 2.62 bits per heavy atom. The second-order valence-electron chi connectivity index (χ2n) is 4.70. The van der Waals surface area contributed by atoms with Crippen LogP contribution >= 0.6 is 0 Å². The largest absolute Gasteiger partial charge is 0.495 e. The Hall–Kier alpha value is -2.51. The summed E-state index contributed by atoms with van der Waals surface area (Å²) in [6.45, 7) is 2.25. The number of nitrogens with zero attached hydrogens (tertiary/aromatic N) is 1. The van der Waals surface area contributed by atoms with E-state index in [-0.39, 0.29) is 6.61 Å². The lowest BCUT2D eigenvalue weighted by Gasteiger charge is -2.12. The first-order chi connectivity index (χ1) is 10.2. The molecule has 0 bridgehead atoms. The summed E-state index contributed by atoms with van der Waals surface area (Å²) in [7, 11) is 1.53. The zero-order chi connectivity index (χ0) is 15.2. The Labute approximate surface area is 124 Å². The minimum Gasteiger partial charge on any atom is -0.495 e. The first-order valence-corrected chi connectivity index (χ1v) is 6.58. The van der Waals surface area contributed by atoms with Crippen LogP contribution in [0.5, 0.6) is 11.5 Å². The zero-order valence-electron chi connectivity index (χ0n) is 12.1. The molecule has 1 N–H and O–H groups in total. The number of aliphatic hydroxyl groups is 1. The van der Waals surface area contributed by atoms with Crippen LogP contribution in [0.15, 0.2) is 36.4 Å². The lowest BCUT2D eigenvalue weighted by Crippen LogP contribution is -2.00. The summed E-state index contributed by atoms with van der Waals surface area (Å²) in [5.74, 6) is 1.19. The van der Waals surface area contributed by atoms with Crippen LogP contribution in [0.1, 0.15) is 22.3 Å². The van der Waals surface area contributed by atoms with Gasteiger partial charge in [0.05, 0.1) is 19.3 Å². The topological polar surface area (TPSA) is 62.5 Å². The highest BCUT2D eigenvalue weighted by molar-refractivity contribution is 5.45. The number of ether oxygens (including phenoxy) is 2. The van der Waals surface area contributed by atoms with Gasteiger partial charge in [-0.2, -0.15) is 5.26 Å². The van der Waals surface area contributed by atoms with Gasteiger partial charge in [0.25, 0.3) is 0 Å². The molecule has 21 heavy (non-hydrogen) atoms. The molecule has 0 fully saturated rings. The van der Waals surface area contributed by atoms with Crippen molar-refractivity contribution in [3.8, 4) is 17.6 Å². The molecule has 0 saturated heterocycles. The molecule has 4 nitrogen and oxygen atoms in total. The van der Waals surface area contributed by atoms with E-state index in [0.717, 1.165) is 16.7 Å². The quantitative estimate of drug-likeness (QED) is 0.916. The number of nitriles is 1. The van der Waals surface area contributed by atoms with Gasteiger partial charge in [0.15, 0.2) is 0 Å². The molecule has 4 heteroatoms. The molecule has 2 aromatic rings. The van der Waals surface area contributed by atoms with E-state index in [9.17, 15) is 5.11 Å². The lowest BCUT2D eigenvalue weighted by atomic mass is 10.1. The molecule has 2 rings (SSSR count). The van der Waals surface area contributed by atoms with Crippen molar-refractivity contribution < 1.29 is 14.6 Å². The van der Waals surface area contributed by atoms with Crippen LogP contribution in [0.2, 0.25) is 0 Å². The molecule has 2 aromatic carbocycles. The van der Waals surface area contributed by atoms with Gasteiger partial charge >= 0.3 is 0 Å². The van der Waals surface area contributed by atoms with Crippen LogP contribution in [-0.4, -0.2) is 12.2 Å². The second kappa shape index (κ2) is 6.78. The fourth-order valence-electron chi connectivity index (χ4n) is 2.05. The van der Waals surface area contributed by atoms with E-state index < -0.39 is 0 Å². The Morgan fingerprint density at radius 1 is 1.14 bits per heavy atom. The molecule has 0 atom stereocenters. The van der Waals surface area contributed by atoms with Crippen LogP contribution in [0, 0.1) is 18.3 Å². The van der Waals surface area contributed by atoms with E-state index in [2.05, 4.69) is 6.07 Å². The summed E-state index contributed by atoms with van der Waals surface area (Å²) in [5.41, 5.74) is 3.23. The highest BCUT2D eigenvalue weighted by atomic mass is 16.5. The number of hydrogen-bond acceptors (Lipinski definition) is 4. The maximum atomic E-state index is 9.35. The van der Waals surface area contributed by atoms with Gasteiger partial charge in [0.1, 0.15) is 24.2 Å². The minimum absolute atomic E-state index is 0.0618. The molecule has 0 unspecified atom stereocenters. The van der Waals surface area contributed by atoms with Gasteiger partial charge < -0.3 is 14.6 Å². The molecular weight excluding hydrogens is 266 g/mol. The summed E-state index contributed by atoms with van der Waals surface area (Å²) in [6.07, 6.45) is 0. The smallest absolute Gasteiger partial charge is 0.137 e. The van der Waals surface area contributed by atoms with Crippen molar-refractivity contribution in [2.75, 3.05) is 7.11 Å². The monoisotopic (exact) mass is 283 g/mol. The third kappa shape index (κ3) is 3.53. The lowest BCUT2D eigenvalue weighted by molar-refractivity contribution is 0.258. The van der Waals surface area contributed by atoms with Gasteiger partial charge in [-0.25, -0.2) is 0 Å². The summed E-state index contributed by atoms with van der Waals surface area (Å²) >= 11 is 0. The van der Waals surface area contributed by atoms with Crippen molar-refractivity contribution in [2.45, 2.75) is 20.1 Å². The third-order valence-electron chi connectivity index (χ3n) is 3.17. The predicted octanol–water partition coefficient (Wildman–Crippen LogP) is 2.95. The highest BCUT2D eigenvalue weighted by Crippen LogP contribution is 2.23. The summed E-state index contributed by atoms with van der Waals surface area (Å²) < 4.78 is 10.9. The number of rotatable bonds is 5. The Kier molecular flexibility index (Phi) is 4.81. The average Bonchev–Trinajstić information content (AvgIpc) is 2.53. The first kappa shape index (κ1) is 14.9. The fourth-order valence-corrected chi connectivity index (χ4v) is 2.05. The molecule has 0 heterocycles. The SMILES string of the molecule is COc1cc(COc2ccc(C)cc2CO)ccc1C#N. The van der Waals surface area contributed by atoms with E-state index in [1.807, 2.05) is 31.2 Å². The maximum Gasteiger partial charge on any atom is 0.137 e. The van der Waals surface area contributed by atoms with E-state index in [1.165, 1.54) is 7.11 Å². The van der Waals surface area contributed by atoms with Crippen LogP contribution in [0.3, 0.4) is 0 Å². The van der Waals surface area contributed by atoms with Gasteiger partial charge in [-0.3, -0.25) is 0 Å². The van der Waals surface area contributed by atoms with E-state index in [0.29, 0.717) is 23.7 Å². The number of benzene rings is 2. The molecule has 0 amide bonds. The number of hydrogen-bond donors (Lipinski definition) is 1. The molecule has 0 aromatic heterocycles. The molecule has 0 aliphatic heterocycles. The molecule has 0 radical (unpaired) electrons. The van der Waals surface area contributed by atoms with Gasteiger partial charge in [0.2, 0.25) is 0 Å². The van der Waals surface area contributed by atoms with Crippen molar-refractivity contribution in [1.82, 2.24) is 0 Å². The van der Waals surface area contributed by atoms with Crippen molar-refractivity contribution in [3.05, 3.63) is 58.7 Å². The van der Waals surface area contributed by atoms with Crippen LogP contribution < -0.4 is 9.47 Å². The highest BCUT2D eigenvalue weighted by Gasteiger charge is 2.06. The number of aryl methyl sites for hydroxylation is 1. The normalized spacial score (nSPS) is 10.0. The zero-order valence-corrected chi connectivity index (χ0v) is 12.1. The van der Waals surface area contributed by atoms with Crippen molar-refractivity contribution in [2.24, 2.45) is 0 Å². The molecule has 0 aliphatic carbocycles. The van der Waals surface area contributed by atoms with E-state index in [1.54, 1.807) is 12.1 Å². The maximum absolute atomic E-state index is 9.35. The third-order valence-corrected chi connectivity index (χ3v) is 3.17. The summed E-state index contributed by atoms with van der Waals surface area (Å²) in [4.78, 5) is 0. The molecular formula is C17H17NO3. The fraction of sp³-hybridized carbons (Fsp3) is 0.235. The van der Waals surface area contributed by atoms with Crippen LogP contribution in [0.4, 0.5) is 0 Å². The summed E-state index contributed by atoms with van der Waals surface area (Å²) in [5, 5.41) is 18.3. The first-order valence-electron chi connectivity index (χ1n) is 6.58. The standard InChI is InChI=1S/C17H17NO3/c1-12-3-6-16(15(7-12)10-19)21-11-13-4-5-14(9-18)17(8-13)20-2/h3-8,19H,10-11H2,1-2H3. The molecule has 0 spiro atoms. The van der Waals surface area contributed by atoms with Gasteiger partial charge in [-0.1, -0.05) is 23.8 Å². The molecule has 0 aliphatic rings. The average molecular weight is 283 g/mol. The Bertz CT molecular complexity index is 674. The van der Waals surface area contributed by atoms with Crippen LogP contribution in [0.25, 0.3) is 0 Å². The molecule has 108 valence electrons. The predicted molar refractivity (Wildman–Crippen MR) is 79.1 cm³/mol. The number of aliphatic hydroxyl groups excluding tert-OH is 1. The van der Waals surface area contributed by atoms with E-state index >= 15 is 0 Å². The number of methoxy groups -OCH3 is 1. The van der Waals surface area contributed by atoms with E-state index in [4.69, 9.17) is 14.7 Å². The Balaban J connectivity index is 2.15. The van der Waals surface area contributed by atoms with Crippen molar-refractivity contribution in [1.29, 1.82) is 5.26 Å². The van der Waals surface area contributed by atoms with Crippen molar-refractivity contribution >= 4 is 0 Å². The van der Waals surface area contributed by atoms with Crippen molar-refractivity contribution in [3.63, 3.8) is 0 Å². The summed E-state index contributed by atoms with van der Waals surface area (Å²) in [6, 6.07) is 13.1.